The maximum absolute atomic E-state index is 11.9. The van der Waals surface area contributed by atoms with Gasteiger partial charge in [-0.25, -0.2) is 4.98 Å². The van der Waals surface area contributed by atoms with Gasteiger partial charge in [0.25, 0.3) is 5.91 Å². The van der Waals surface area contributed by atoms with E-state index in [1.165, 1.54) is 17.8 Å². The van der Waals surface area contributed by atoms with Crippen LogP contribution in [0.1, 0.15) is 28.9 Å². The van der Waals surface area contributed by atoms with Crippen molar-refractivity contribution in [1.29, 1.82) is 0 Å². The fourth-order valence-electron chi connectivity index (χ4n) is 1.60. The molecule has 76 valence electrons. The lowest BCUT2D eigenvalue weighted by atomic mass is 10.1. The number of aromatic nitrogens is 1. The van der Waals surface area contributed by atoms with Crippen LogP contribution in [-0.4, -0.2) is 28.9 Å². The van der Waals surface area contributed by atoms with E-state index in [0.29, 0.717) is 0 Å². The molecule has 1 aliphatic heterocycles. The first kappa shape index (κ1) is 10.1. The van der Waals surface area contributed by atoms with Crippen LogP contribution in [-0.2, 0) is 0 Å². The van der Waals surface area contributed by atoms with Crippen molar-refractivity contribution in [3.8, 4) is 0 Å². The van der Waals surface area contributed by atoms with E-state index in [2.05, 4.69) is 20.9 Å². The zero-order chi connectivity index (χ0) is 9.97. The minimum atomic E-state index is 0.132. The van der Waals surface area contributed by atoms with Gasteiger partial charge in [-0.15, -0.1) is 11.3 Å². The van der Waals surface area contributed by atoms with Crippen molar-refractivity contribution in [2.24, 2.45) is 0 Å². The molecule has 0 saturated carbocycles. The molecule has 14 heavy (non-hydrogen) atoms. The van der Waals surface area contributed by atoms with E-state index in [-0.39, 0.29) is 5.91 Å². The number of thiazole rings is 1. The summed E-state index contributed by atoms with van der Waals surface area (Å²) in [7, 11) is 0. The molecule has 1 amide bonds. The highest BCUT2D eigenvalue weighted by molar-refractivity contribution is 9.11. The van der Waals surface area contributed by atoms with Gasteiger partial charge in [0, 0.05) is 13.1 Å². The number of carbonyl (C=O) groups excluding carboxylic acids is 1. The van der Waals surface area contributed by atoms with Gasteiger partial charge in [-0.3, -0.25) is 4.79 Å². The third kappa shape index (κ3) is 2.15. The molecule has 1 aromatic heterocycles. The first-order chi connectivity index (χ1) is 6.77. The Morgan fingerprint density at radius 1 is 1.43 bits per heavy atom. The summed E-state index contributed by atoms with van der Waals surface area (Å²) in [4.78, 5) is 18.6. The molecule has 2 heterocycles. The lowest BCUT2D eigenvalue weighted by Gasteiger charge is -2.25. The SMILES string of the molecule is O=C(c1cnc(Br)s1)N1CCCCC1. The van der Waals surface area contributed by atoms with Crippen LogP contribution in [0.3, 0.4) is 0 Å². The topological polar surface area (TPSA) is 33.2 Å². The number of amides is 1. The standard InChI is InChI=1S/C9H11BrN2OS/c10-9-11-6-7(14-9)8(13)12-4-2-1-3-5-12/h6H,1-5H2. The minimum Gasteiger partial charge on any atom is -0.338 e. The van der Waals surface area contributed by atoms with Crippen molar-refractivity contribution in [3.05, 3.63) is 15.0 Å². The molecule has 0 radical (unpaired) electrons. The lowest BCUT2D eigenvalue weighted by Crippen LogP contribution is -2.35. The van der Waals surface area contributed by atoms with Gasteiger partial charge < -0.3 is 4.90 Å². The molecular weight excluding hydrogens is 264 g/mol. The van der Waals surface area contributed by atoms with E-state index in [4.69, 9.17) is 0 Å². The van der Waals surface area contributed by atoms with Crippen molar-refractivity contribution in [1.82, 2.24) is 9.88 Å². The largest absolute Gasteiger partial charge is 0.338 e. The molecule has 1 aromatic rings. The second kappa shape index (κ2) is 4.40. The van der Waals surface area contributed by atoms with Gasteiger partial charge in [-0.1, -0.05) is 0 Å². The Balaban J connectivity index is 2.07. The minimum absolute atomic E-state index is 0.132. The van der Waals surface area contributed by atoms with Gasteiger partial charge in [-0.05, 0) is 35.2 Å². The summed E-state index contributed by atoms with van der Waals surface area (Å²) >= 11 is 4.66. The molecule has 1 saturated heterocycles. The molecule has 0 atom stereocenters. The number of hydrogen-bond acceptors (Lipinski definition) is 3. The first-order valence-electron chi connectivity index (χ1n) is 4.68. The zero-order valence-electron chi connectivity index (χ0n) is 7.70. The van der Waals surface area contributed by atoms with E-state index in [0.717, 1.165) is 34.7 Å². The number of hydrogen-bond donors (Lipinski definition) is 0. The Morgan fingerprint density at radius 3 is 2.71 bits per heavy atom. The maximum Gasteiger partial charge on any atom is 0.265 e. The maximum atomic E-state index is 11.9. The fourth-order valence-corrected chi connectivity index (χ4v) is 2.84. The zero-order valence-corrected chi connectivity index (χ0v) is 10.1. The summed E-state index contributed by atoms with van der Waals surface area (Å²) in [6, 6.07) is 0. The number of likely N-dealkylation sites (tertiary alicyclic amines) is 1. The summed E-state index contributed by atoms with van der Waals surface area (Å²) < 4.78 is 0.776. The van der Waals surface area contributed by atoms with Crippen LogP contribution in [0.2, 0.25) is 0 Å². The van der Waals surface area contributed by atoms with Gasteiger partial charge >= 0.3 is 0 Å². The predicted octanol–water partition coefficient (Wildman–Crippen LogP) is 2.53. The van der Waals surface area contributed by atoms with Gasteiger partial charge in [0.2, 0.25) is 0 Å². The highest BCUT2D eigenvalue weighted by Gasteiger charge is 2.19. The Labute approximate surface area is 95.3 Å². The first-order valence-corrected chi connectivity index (χ1v) is 6.29. The average molecular weight is 275 g/mol. The third-order valence-electron chi connectivity index (χ3n) is 2.33. The molecular formula is C9H11BrN2OS. The molecule has 2 rings (SSSR count). The third-order valence-corrected chi connectivity index (χ3v) is 3.80. The van der Waals surface area contributed by atoms with E-state index in [1.54, 1.807) is 6.20 Å². The molecule has 0 aromatic carbocycles. The molecule has 0 bridgehead atoms. The quantitative estimate of drug-likeness (QED) is 0.789. The number of carbonyl (C=O) groups is 1. The highest BCUT2D eigenvalue weighted by atomic mass is 79.9. The van der Waals surface area contributed by atoms with Crippen LogP contribution in [0, 0.1) is 0 Å². The highest BCUT2D eigenvalue weighted by Crippen LogP contribution is 2.21. The Hall–Kier alpha value is -0.420. The summed E-state index contributed by atoms with van der Waals surface area (Å²) in [6.07, 6.45) is 5.15. The van der Waals surface area contributed by atoms with Crippen molar-refractivity contribution >= 4 is 33.2 Å². The molecule has 0 aliphatic carbocycles. The second-order valence-corrected chi connectivity index (χ2v) is 5.64. The fraction of sp³-hybridized carbons (Fsp3) is 0.556. The molecule has 0 spiro atoms. The molecule has 3 nitrogen and oxygen atoms in total. The molecule has 1 fully saturated rings. The van der Waals surface area contributed by atoms with Crippen LogP contribution in [0.15, 0.2) is 10.1 Å². The van der Waals surface area contributed by atoms with Crippen LogP contribution < -0.4 is 0 Å². The molecule has 5 heteroatoms. The summed E-state index contributed by atoms with van der Waals surface area (Å²) in [5.41, 5.74) is 0. The number of piperidine rings is 1. The summed E-state index contributed by atoms with van der Waals surface area (Å²) in [5, 5.41) is 0. The second-order valence-electron chi connectivity index (χ2n) is 3.33. The average Bonchev–Trinajstić information content (AvgIpc) is 2.65. The monoisotopic (exact) mass is 274 g/mol. The van der Waals surface area contributed by atoms with E-state index in [9.17, 15) is 4.79 Å². The van der Waals surface area contributed by atoms with Crippen molar-refractivity contribution in [2.45, 2.75) is 19.3 Å². The van der Waals surface area contributed by atoms with Gasteiger partial charge in [0.1, 0.15) is 4.88 Å². The summed E-state index contributed by atoms with van der Waals surface area (Å²) in [5.74, 6) is 0.132. The normalized spacial score (nSPS) is 17.1. The van der Waals surface area contributed by atoms with Gasteiger partial charge in [0.15, 0.2) is 3.92 Å². The van der Waals surface area contributed by atoms with Gasteiger partial charge in [-0.2, -0.15) is 0 Å². The number of halogens is 1. The molecule has 0 unspecified atom stereocenters. The molecule has 1 aliphatic rings. The predicted molar refractivity (Wildman–Crippen MR) is 59.6 cm³/mol. The van der Waals surface area contributed by atoms with Crippen LogP contribution >= 0.6 is 27.3 Å². The van der Waals surface area contributed by atoms with Crippen molar-refractivity contribution < 1.29 is 4.79 Å². The van der Waals surface area contributed by atoms with Crippen molar-refractivity contribution in [2.75, 3.05) is 13.1 Å². The summed E-state index contributed by atoms with van der Waals surface area (Å²) in [6.45, 7) is 1.79. The van der Waals surface area contributed by atoms with Crippen LogP contribution in [0.5, 0.6) is 0 Å². The number of nitrogens with zero attached hydrogens (tertiary/aromatic N) is 2. The van der Waals surface area contributed by atoms with E-state index < -0.39 is 0 Å². The number of rotatable bonds is 1. The molecule has 0 N–H and O–H groups in total. The van der Waals surface area contributed by atoms with E-state index in [1.807, 2.05) is 4.90 Å². The van der Waals surface area contributed by atoms with Gasteiger partial charge in [0.05, 0.1) is 6.20 Å². The Morgan fingerprint density at radius 2 is 2.14 bits per heavy atom. The lowest BCUT2D eigenvalue weighted by molar-refractivity contribution is 0.0729. The Kier molecular flexibility index (Phi) is 3.18. The Bertz CT molecular complexity index is 333. The van der Waals surface area contributed by atoms with Crippen molar-refractivity contribution in [3.63, 3.8) is 0 Å². The van der Waals surface area contributed by atoms with E-state index >= 15 is 0 Å². The van der Waals surface area contributed by atoms with Crippen LogP contribution in [0.25, 0.3) is 0 Å². The van der Waals surface area contributed by atoms with Crippen LogP contribution in [0.4, 0.5) is 0 Å². The smallest absolute Gasteiger partial charge is 0.265 e.